The Morgan fingerprint density at radius 3 is 2.69 bits per heavy atom. The molecule has 3 rings (SSSR count). The van der Waals surface area contributed by atoms with Crippen LogP contribution in [0.2, 0.25) is 0 Å². The zero-order valence-corrected chi connectivity index (χ0v) is 18.1. The smallest absolute Gasteiger partial charge is 0.230 e. The summed E-state index contributed by atoms with van der Waals surface area (Å²) in [5.74, 6) is 0.951. The summed E-state index contributed by atoms with van der Waals surface area (Å²) in [6.45, 7) is 4.05. The average molecular weight is 430 g/mol. The van der Waals surface area contributed by atoms with E-state index in [-0.39, 0.29) is 17.6 Å². The van der Waals surface area contributed by atoms with E-state index in [2.05, 4.69) is 22.2 Å². The van der Waals surface area contributed by atoms with Crippen molar-refractivity contribution in [3.63, 3.8) is 0 Å². The first-order valence-electron chi connectivity index (χ1n) is 10.0. The number of carbonyl (C=O) groups is 2. The van der Waals surface area contributed by atoms with Crippen LogP contribution in [0.25, 0.3) is 11.3 Å². The highest BCUT2D eigenvalue weighted by Gasteiger charge is 2.19. The van der Waals surface area contributed by atoms with E-state index < -0.39 is 0 Å². The van der Waals surface area contributed by atoms with E-state index >= 15 is 0 Å². The number of amides is 2. The molecule has 2 N–H and O–H groups in total. The van der Waals surface area contributed by atoms with Crippen LogP contribution in [0.5, 0.6) is 0 Å². The number of benzene rings is 1. The molecule has 1 aromatic heterocycles. The van der Waals surface area contributed by atoms with E-state index in [1.165, 1.54) is 48.8 Å². The van der Waals surface area contributed by atoms with Crippen molar-refractivity contribution < 1.29 is 9.59 Å². The van der Waals surface area contributed by atoms with Gasteiger partial charge in [-0.25, -0.2) is 4.98 Å². The number of thioether (sulfide) groups is 1. The van der Waals surface area contributed by atoms with Gasteiger partial charge in [0, 0.05) is 18.5 Å². The molecule has 0 atom stereocenters. The Bertz CT molecular complexity index is 830. The van der Waals surface area contributed by atoms with Gasteiger partial charge in [-0.2, -0.15) is 0 Å². The molecule has 2 aromatic rings. The van der Waals surface area contributed by atoms with E-state index in [0.717, 1.165) is 27.0 Å². The van der Waals surface area contributed by atoms with Crippen molar-refractivity contribution in [1.82, 2.24) is 10.3 Å². The molecule has 0 radical (unpaired) electrons. The summed E-state index contributed by atoms with van der Waals surface area (Å²) in [6, 6.07) is 9.82. The predicted octanol–water partition coefficient (Wildman–Crippen LogP) is 5.11. The molecule has 0 saturated heterocycles. The Labute approximate surface area is 180 Å². The number of nitrogens with one attached hydrogen (secondary N) is 2. The molecule has 1 aliphatic carbocycles. The molecule has 0 spiro atoms. The fraction of sp³-hybridized carbons (Fsp3) is 0.409. The fourth-order valence-electron chi connectivity index (χ4n) is 3.43. The minimum absolute atomic E-state index is 0.0398. The van der Waals surface area contributed by atoms with Gasteiger partial charge in [0.05, 0.1) is 5.75 Å². The Hall–Kier alpha value is -2.12. The van der Waals surface area contributed by atoms with Crippen molar-refractivity contribution in [3.8, 4) is 11.3 Å². The Kier molecular flexibility index (Phi) is 8.31. The second-order valence-corrected chi connectivity index (χ2v) is 9.36. The molecule has 0 bridgehead atoms. The first-order chi connectivity index (χ1) is 14.2. The zero-order valence-electron chi connectivity index (χ0n) is 16.5. The maximum absolute atomic E-state index is 12.5. The predicted molar refractivity (Wildman–Crippen MR) is 121 cm³/mol. The molecule has 0 aliphatic heterocycles. The van der Waals surface area contributed by atoms with Crippen LogP contribution in [-0.4, -0.2) is 29.1 Å². The van der Waals surface area contributed by atoms with E-state index in [9.17, 15) is 9.59 Å². The summed E-state index contributed by atoms with van der Waals surface area (Å²) in [5.41, 5.74) is 1.72. The van der Waals surface area contributed by atoms with Crippen LogP contribution >= 0.6 is 23.1 Å². The quantitative estimate of drug-likeness (QED) is 0.406. The van der Waals surface area contributed by atoms with Crippen LogP contribution in [0.1, 0.15) is 38.5 Å². The lowest BCUT2D eigenvalue weighted by molar-refractivity contribution is -0.118. The number of anilines is 1. The molecule has 1 heterocycles. The third-order valence-electron chi connectivity index (χ3n) is 4.93. The van der Waals surface area contributed by atoms with Gasteiger partial charge >= 0.3 is 0 Å². The standard InChI is InChI=1S/C22H27N3O2S2/c1-2-14-23-19(27)15-28-22-25-20(17-10-4-3-5-11-17)21(29-22)24-18(26)13-12-16-8-6-7-9-16/h2-5,10-11,16H,1,6-9,12-15H2,(H,23,27)(H,24,26). The first kappa shape index (κ1) is 21.6. The summed E-state index contributed by atoms with van der Waals surface area (Å²) in [5, 5.41) is 6.58. The van der Waals surface area contributed by atoms with Crippen LogP contribution in [-0.2, 0) is 9.59 Å². The van der Waals surface area contributed by atoms with Crippen LogP contribution in [0.4, 0.5) is 5.00 Å². The van der Waals surface area contributed by atoms with Crippen molar-refractivity contribution in [2.24, 2.45) is 5.92 Å². The van der Waals surface area contributed by atoms with Crippen molar-refractivity contribution >= 4 is 39.9 Å². The van der Waals surface area contributed by atoms with Crippen LogP contribution in [0.3, 0.4) is 0 Å². The molecule has 7 heteroatoms. The van der Waals surface area contributed by atoms with Gasteiger partial charge in [-0.05, 0) is 12.3 Å². The van der Waals surface area contributed by atoms with Crippen LogP contribution < -0.4 is 10.6 Å². The molecule has 1 aromatic carbocycles. The molecule has 1 aliphatic rings. The number of aromatic nitrogens is 1. The van der Waals surface area contributed by atoms with Crippen molar-refractivity contribution in [1.29, 1.82) is 0 Å². The Morgan fingerprint density at radius 1 is 1.21 bits per heavy atom. The van der Waals surface area contributed by atoms with Gasteiger partial charge in [-0.3, -0.25) is 9.59 Å². The molecule has 2 amide bonds. The Morgan fingerprint density at radius 2 is 1.97 bits per heavy atom. The normalized spacial score (nSPS) is 13.9. The average Bonchev–Trinajstić information content (AvgIpc) is 3.40. The van der Waals surface area contributed by atoms with Crippen LogP contribution in [0, 0.1) is 5.92 Å². The van der Waals surface area contributed by atoms with Crippen molar-refractivity contribution in [3.05, 3.63) is 43.0 Å². The van der Waals surface area contributed by atoms with E-state index in [1.54, 1.807) is 6.08 Å². The lowest BCUT2D eigenvalue weighted by Gasteiger charge is -2.09. The highest BCUT2D eigenvalue weighted by molar-refractivity contribution is 8.01. The highest BCUT2D eigenvalue weighted by atomic mass is 32.2. The minimum Gasteiger partial charge on any atom is -0.352 e. The fourth-order valence-corrected chi connectivity index (χ4v) is 5.34. The summed E-state index contributed by atoms with van der Waals surface area (Å²) in [6.07, 6.45) is 8.23. The number of thiazole rings is 1. The number of rotatable bonds is 10. The van der Waals surface area contributed by atoms with Gasteiger partial charge < -0.3 is 10.6 Å². The first-order valence-corrected chi connectivity index (χ1v) is 11.8. The molecule has 0 unspecified atom stereocenters. The summed E-state index contributed by atoms with van der Waals surface area (Å²) >= 11 is 2.81. The molecule has 5 nitrogen and oxygen atoms in total. The third-order valence-corrected chi connectivity index (χ3v) is 7.05. The van der Waals surface area contributed by atoms with Gasteiger partial charge in [0.1, 0.15) is 10.7 Å². The highest BCUT2D eigenvalue weighted by Crippen LogP contribution is 2.38. The monoisotopic (exact) mass is 429 g/mol. The number of hydrogen-bond acceptors (Lipinski definition) is 5. The third kappa shape index (κ3) is 6.72. The van der Waals surface area contributed by atoms with E-state index in [1.807, 2.05) is 30.3 Å². The van der Waals surface area contributed by atoms with Gasteiger partial charge in [-0.1, -0.05) is 85.2 Å². The number of hydrogen-bond donors (Lipinski definition) is 2. The van der Waals surface area contributed by atoms with Gasteiger partial charge in [-0.15, -0.1) is 6.58 Å². The minimum atomic E-state index is -0.0616. The maximum Gasteiger partial charge on any atom is 0.230 e. The second kappa shape index (κ2) is 11.2. The maximum atomic E-state index is 12.5. The van der Waals surface area contributed by atoms with Gasteiger partial charge in [0.2, 0.25) is 11.8 Å². The Balaban J connectivity index is 1.66. The molecular formula is C22H27N3O2S2. The molecule has 1 fully saturated rings. The number of carbonyl (C=O) groups excluding carboxylic acids is 2. The van der Waals surface area contributed by atoms with E-state index in [0.29, 0.717) is 18.9 Å². The summed E-state index contributed by atoms with van der Waals surface area (Å²) in [4.78, 5) is 29.1. The lowest BCUT2D eigenvalue weighted by atomic mass is 10.0. The molecule has 154 valence electrons. The second-order valence-electron chi connectivity index (χ2n) is 7.14. The zero-order chi connectivity index (χ0) is 20.5. The molecule has 29 heavy (non-hydrogen) atoms. The SMILES string of the molecule is C=CCNC(=O)CSc1nc(-c2ccccc2)c(NC(=O)CCC2CCCC2)s1. The largest absolute Gasteiger partial charge is 0.352 e. The number of nitrogens with zero attached hydrogens (tertiary/aromatic N) is 1. The summed E-state index contributed by atoms with van der Waals surface area (Å²) in [7, 11) is 0. The lowest BCUT2D eigenvalue weighted by Crippen LogP contribution is -2.24. The van der Waals surface area contributed by atoms with E-state index in [4.69, 9.17) is 0 Å². The molecule has 1 saturated carbocycles. The van der Waals surface area contributed by atoms with Crippen molar-refractivity contribution in [2.75, 3.05) is 17.6 Å². The molecular weight excluding hydrogens is 402 g/mol. The van der Waals surface area contributed by atoms with Gasteiger partial charge in [0.25, 0.3) is 0 Å². The van der Waals surface area contributed by atoms with Crippen molar-refractivity contribution in [2.45, 2.75) is 42.9 Å². The van der Waals surface area contributed by atoms with Crippen LogP contribution in [0.15, 0.2) is 47.3 Å². The topological polar surface area (TPSA) is 71.1 Å². The summed E-state index contributed by atoms with van der Waals surface area (Å²) < 4.78 is 0.767. The van der Waals surface area contributed by atoms with Gasteiger partial charge in [0.15, 0.2) is 4.34 Å².